The maximum Gasteiger partial charge on any atom is 0.312 e. The molecule has 1 aliphatic heterocycles. The number of non-ortho nitro benzene ring substituents is 1. The number of esters is 1. The number of hydrogen-bond donors (Lipinski definition) is 0. The third-order valence-corrected chi connectivity index (χ3v) is 5.64. The second-order valence-corrected chi connectivity index (χ2v) is 8.11. The number of anilines is 1. The smallest absolute Gasteiger partial charge is 0.312 e. The predicted octanol–water partition coefficient (Wildman–Crippen LogP) is 4.03. The number of amides is 1. The van der Waals surface area contributed by atoms with Crippen molar-refractivity contribution in [3.63, 3.8) is 0 Å². The highest BCUT2D eigenvalue weighted by atomic mass is 35.5. The normalized spacial score (nSPS) is 16.4. The number of hydrogen-bond acceptors (Lipinski definition) is 7. The molecule has 2 atom stereocenters. The molecule has 1 aliphatic rings. The summed E-state index contributed by atoms with van der Waals surface area (Å²) < 4.78 is 10.7. The minimum Gasteiger partial charge on any atom is -0.494 e. The summed E-state index contributed by atoms with van der Waals surface area (Å²) in [6.45, 7) is -0.0193. The van der Waals surface area contributed by atoms with E-state index >= 15 is 0 Å². The van der Waals surface area contributed by atoms with Crippen LogP contribution < -0.4 is 9.64 Å². The number of rotatable bonds is 9. The molecule has 2 aromatic carbocycles. The molecule has 0 bridgehead atoms. The third-order valence-electron chi connectivity index (χ3n) is 5.17. The molecule has 0 spiro atoms. The van der Waals surface area contributed by atoms with Gasteiger partial charge in [0.1, 0.15) is 5.75 Å². The lowest BCUT2D eigenvalue weighted by Crippen LogP contribution is -2.32. The fourth-order valence-corrected chi connectivity index (χ4v) is 3.80. The van der Waals surface area contributed by atoms with Gasteiger partial charge in [0.25, 0.3) is 5.69 Å². The second kappa shape index (κ2) is 10.6. The molecule has 11 heteroatoms. The topological polar surface area (TPSA) is 116 Å². The van der Waals surface area contributed by atoms with Crippen molar-refractivity contribution in [3.05, 3.63) is 63.2 Å². The maximum absolute atomic E-state index is 12.8. The first-order chi connectivity index (χ1) is 15.7. The van der Waals surface area contributed by atoms with Crippen molar-refractivity contribution in [1.29, 1.82) is 0 Å². The Morgan fingerprint density at radius 1 is 1.24 bits per heavy atom. The van der Waals surface area contributed by atoms with Crippen LogP contribution in [-0.4, -0.2) is 48.2 Å². The maximum atomic E-state index is 12.8. The van der Waals surface area contributed by atoms with E-state index in [0.29, 0.717) is 16.3 Å². The Kier molecular flexibility index (Phi) is 7.88. The van der Waals surface area contributed by atoms with Gasteiger partial charge in [0, 0.05) is 41.9 Å². The Balaban J connectivity index is 1.74. The first-order valence-electron chi connectivity index (χ1n) is 9.94. The van der Waals surface area contributed by atoms with E-state index in [4.69, 9.17) is 32.7 Å². The molecule has 1 heterocycles. The van der Waals surface area contributed by atoms with Crippen molar-refractivity contribution >= 4 is 52.2 Å². The molecule has 0 N–H and O–H groups in total. The molecule has 9 nitrogen and oxygen atoms in total. The molecule has 1 saturated heterocycles. The Labute approximate surface area is 199 Å². The van der Waals surface area contributed by atoms with Crippen LogP contribution in [0.2, 0.25) is 5.02 Å². The van der Waals surface area contributed by atoms with Crippen LogP contribution in [0.1, 0.15) is 23.2 Å². The van der Waals surface area contributed by atoms with E-state index in [-0.39, 0.29) is 42.6 Å². The number of alkyl halides is 1. The van der Waals surface area contributed by atoms with Gasteiger partial charge in [0.15, 0.2) is 6.10 Å². The fraction of sp³-hybridized carbons (Fsp3) is 0.318. The van der Waals surface area contributed by atoms with E-state index in [1.165, 1.54) is 42.3 Å². The Hall–Kier alpha value is -3.17. The molecular formula is C22H20Cl2N2O7. The lowest BCUT2D eigenvalue weighted by molar-refractivity contribution is -0.384. The minimum atomic E-state index is -1.10. The quantitative estimate of drug-likeness (QED) is 0.170. The molecule has 174 valence electrons. The largest absolute Gasteiger partial charge is 0.494 e. The van der Waals surface area contributed by atoms with Gasteiger partial charge >= 0.3 is 5.97 Å². The molecule has 3 rings (SSSR count). The van der Waals surface area contributed by atoms with Crippen molar-refractivity contribution < 1.29 is 28.8 Å². The van der Waals surface area contributed by atoms with E-state index in [1.807, 2.05) is 0 Å². The van der Waals surface area contributed by atoms with Crippen LogP contribution in [0, 0.1) is 16.0 Å². The molecule has 0 aliphatic carbocycles. The monoisotopic (exact) mass is 494 g/mol. The van der Waals surface area contributed by atoms with E-state index in [9.17, 15) is 24.5 Å². The van der Waals surface area contributed by atoms with Gasteiger partial charge < -0.3 is 14.4 Å². The number of methoxy groups -OCH3 is 1. The summed E-state index contributed by atoms with van der Waals surface area (Å²) in [6.07, 6.45) is -1.13. The van der Waals surface area contributed by atoms with Gasteiger partial charge in [-0.3, -0.25) is 24.5 Å². The summed E-state index contributed by atoms with van der Waals surface area (Å²) in [5, 5.41) is 11.5. The Morgan fingerprint density at radius 3 is 2.55 bits per heavy atom. The van der Waals surface area contributed by atoms with Crippen molar-refractivity contribution in [2.75, 3.05) is 24.4 Å². The van der Waals surface area contributed by atoms with Gasteiger partial charge in [-0.15, -0.1) is 11.6 Å². The zero-order chi connectivity index (χ0) is 24.1. The van der Waals surface area contributed by atoms with Crippen LogP contribution in [0.5, 0.6) is 5.75 Å². The molecule has 0 radical (unpaired) electrons. The SMILES string of the molecule is COc1cc([N+](=O)[O-])ccc1N1C[C@@H](C(=O)O[C@H](CCCl)C(=O)c2ccc(Cl)cc2)CC1=O. The van der Waals surface area contributed by atoms with Crippen LogP contribution in [0.3, 0.4) is 0 Å². The number of Topliss-reactive ketones (excluding diaryl/α,β-unsaturated/α-hetero) is 1. The highest BCUT2D eigenvalue weighted by molar-refractivity contribution is 6.30. The highest BCUT2D eigenvalue weighted by Crippen LogP contribution is 2.36. The third kappa shape index (κ3) is 5.61. The average Bonchev–Trinajstić information content (AvgIpc) is 3.19. The number of nitrogens with zero attached hydrogens (tertiary/aromatic N) is 2. The number of halogens is 2. The number of ether oxygens (including phenoxy) is 2. The second-order valence-electron chi connectivity index (χ2n) is 7.29. The summed E-state index contributed by atoms with van der Waals surface area (Å²) in [5.41, 5.74) is 0.433. The minimum absolute atomic E-state index is 0.0193. The predicted molar refractivity (Wildman–Crippen MR) is 121 cm³/mol. The standard InChI is InChI=1S/C22H20Cl2N2O7/c1-32-19-11-16(26(30)31)6-7-17(19)25-12-14(10-20(25)27)22(29)33-18(8-9-23)21(28)13-2-4-15(24)5-3-13/h2-7,11,14,18H,8-10,12H2,1H3/t14-,18+/m0/s1. The van der Waals surface area contributed by atoms with E-state index in [0.717, 1.165) is 0 Å². The molecule has 1 fully saturated rings. The molecule has 0 unspecified atom stereocenters. The van der Waals surface area contributed by atoms with Crippen LogP contribution in [0.25, 0.3) is 0 Å². The van der Waals surface area contributed by atoms with E-state index < -0.39 is 28.7 Å². The first-order valence-corrected chi connectivity index (χ1v) is 10.9. The summed E-state index contributed by atoms with van der Waals surface area (Å²) in [7, 11) is 1.33. The van der Waals surface area contributed by atoms with Gasteiger partial charge in [-0.05, 0) is 30.3 Å². The van der Waals surface area contributed by atoms with E-state index in [2.05, 4.69) is 0 Å². The van der Waals surface area contributed by atoms with Gasteiger partial charge in [-0.1, -0.05) is 11.6 Å². The number of carbonyl (C=O) groups is 3. The number of ketones is 1. The lowest BCUT2D eigenvalue weighted by Gasteiger charge is -2.20. The Bertz CT molecular complexity index is 1070. The Morgan fingerprint density at radius 2 is 1.94 bits per heavy atom. The van der Waals surface area contributed by atoms with Crippen LogP contribution in [0.4, 0.5) is 11.4 Å². The number of nitro benzene ring substituents is 1. The molecule has 0 saturated carbocycles. The van der Waals surface area contributed by atoms with Crippen molar-refractivity contribution in [1.82, 2.24) is 0 Å². The van der Waals surface area contributed by atoms with Crippen molar-refractivity contribution in [2.24, 2.45) is 5.92 Å². The zero-order valence-corrected chi connectivity index (χ0v) is 19.0. The van der Waals surface area contributed by atoms with Crippen LogP contribution in [-0.2, 0) is 14.3 Å². The van der Waals surface area contributed by atoms with Crippen molar-refractivity contribution in [2.45, 2.75) is 18.9 Å². The van der Waals surface area contributed by atoms with Gasteiger partial charge in [-0.2, -0.15) is 0 Å². The molecule has 2 aromatic rings. The van der Waals surface area contributed by atoms with Crippen LogP contribution in [0.15, 0.2) is 42.5 Å². The van der Waals surface area contributed by atoms with Gasteiger partial charge in [0.05, 0.1) is 29.7 Å². The molecule has 1 amide bonds. The summed E-state index contributed by atoms with van der Waals surface area (Å²) in [5.74, 6) is -2.10. The number of benzene rings is 2. The highest BCUT2D eigenvalue weighted by Gasteiger charge is 2.39. The summed E-state index contributed by atoms with van der Waals surface area (Å²) in [6, 6.07) is 10.0. The number of carbonyl (C=O) groups excluding carboxylic acids is 3. The van der Waals surface area contributed by atoms with Gasteiger partial charge in [0.2, 0.25) is 11.7 Å². The van der Waals surface area contributed by atoms with E-state index in [1.54, 1.807) is 12.1 Å². The average molecular weight is 495 g/mol. The summed E-state index contributed by atoms with van der Waals surface area (Å²) in [4.78, 5) is 49.9. The lowest BCUT2D eigenvalue weighted by atomic mass is 10.0. The fourth-order valence-electron chi connectivity index (χ4n) is 3.48. The molecule has 0 aromatic heterocycles. The van der Waals surface area contributed by atoms with Crippen LogP contribution >= 0.6 is 23.2 Å². The zero-order valence-electron chi connectivity index (χ0n) is 17.5. The molecule has 33 heavy (non-hydrogen) atoms. The summed E-state index contributed by atoms with van der Waals surface area (Å²) >= 11 is 11.7. The molecular weight excluding hydrogens is 475 g/mol. The van der Waals surface area contributed by atoms with Gasteiger partial charge in [-0.25, -0.2) is 0 Å². The number of nitro groups is 1. The first kappa shape index (κ1) is 24.5. The van der Waals surface area contributed by atoms with Crippen molar-refractivity contribution in [3.8, 4) is 5.75 Å².